The number of fused-ring (bicyclic) bond motifs is 4. The van der Waals surface area contributed by atoms with Crippen molar-refractivity contribution in [2.75, 3.05) is 121 Å². The van der Waals surface area contributed by atoms with Gasteiger partial charge in [-0.15, -0.1) is 13.2 Å². The van der Waals surface area contributed by atoms with Gasteiger partial charge in [-0.2, -0.15) is 31.6 Å². The smallest absolute Gasteiger partial charge is 2.00 e. The zero-order valence-electron chi connectivity index (χ0n) is 51.4. The van der Waals surface area contributed by atoms with Gasteiger partial charge < -0.3 is 80.6 Å². The minimum atomic E-state index is -1.22. The molecule has 11 nitrogen and oxygen atoms in total. The average molecular weight is 1290 g/mol. The van der Waals surface area contributed by atoms with Gasteiger partial charge in [0.25, 0.3) is 0 Å². The molecular formula is C66H92BN6Ni2O5S2V-3. The monoisotopic (exact) mass is 1290 g/mol. The number of benzene rings is 6. The van der Waals surface area contributed by atoms with Gasteiger partial charge in [-0.05, 0) is 64.2 Å². The summed E-state index contributed by atoms with van der Waals surface area (Å²) in [6.07, 6.45) is -1.22. The quantitative estimate of drug-likeness (QED) is 0.102. The number of hydrogen-bond acceptors (Lipinski definition) is 11. The molecule has 3 radical (unpaired) electrons. The Hall–Kier alpha value is -3.04. The standard InChI is InChI=1S/C38H66N6S2.C24H20B.C4H8O3.2Ni.2O.V/c1-37(2,3)33-21-29-25-41(9)17-13-39(7)15-19-43(11)27-31-23-34(38(4,5)6)24-32(36(31)46)28-44(12)20-16-40(8)14-18-42(10)26-30(22-33)35(29)45;1-5-13-21(14-6-1)25(22-15-7-2-8-16-22,23-17-9-3-10-18-23)24-19-11-4-12-20-24;5-1-3-7-4-2-6;;;;;/h21-24,45-46H,13-20,25-28H2,1-12H3;1-20H;1-4H2;;;;;/q;-1;-2;2*+3;2*-2;/p-2. The number of nitrogens with zero attached hydrogens (tertiary/aromatic N) is 6. The minimum absolute atomic E-state index is 0. The predicted octanol–water partition coefficient (Wildman–Crippen LogP) is 5.94. The molecule has 0 fully saturated rings. The second-order valence-electron chi connectivity index (χ2n) is 23.8. The van der Waals surface area contributed by atoms with Crippen LogP contribution >= 0.6 is 0 Å². The molecule has 0 spiro atoms. The van der Waals surface area contributed by atoms with E-state index in [2.05, 4.69) is 264 Å². The SMILES string of the molecule is CN1CCN(C)Cc2cc(C(C)(C)C)cc(c2[S-])CN(C)CCN(C)CCN(C)Cc2cc(C(C)(C)C)cc(c2[S-])CN(C)CC1.[Ni+3].[Ni+3].[O-2].[O-2].[O-]CCOCC[O-].[V].c1ccc([B-](c2ccccc2)(c2ccccc2)c2ccccc2)cc1. The predicted molar refractivity (Wildman–Crippen MR) is 334 cm³/mol. The zero-order chi connectivity index (χ0) is 56.9. The van der Waals surface area contributed by atoms with Gasteiger partial charge in [0, 0.05) is 110 Å². The van der Waals surface area contributed by atoms with E-state index in [-0.39, 0.29) is 99.7 Å². The van der Waals surface area contributed by atoms with Crippen molar-refractivity contribution in [2.24, 2.45) is 0 Å². The largest absolute Gasteiger partial charge is 3.00 e. The zero-order valence-corrected chi connectivity index (χ0v) is 56.4. The Morgan fingerprint density at radius 2 is 0.602 bits per heavy atom. The first-order valence-electron chi connectivity index (χ1n) is 28.1. The summed E-state index contributed by atoms with van der Waals surface area (Å²) in [7, 11) is 13.4. The first-order chi connectivity index (χ1) is 37.2. The van der Waals surface area contributed by atoms with Crippen molar-refractivity contribution >= 4 is 53.3 Å². The molecule has 0 unspecified atom stereocenters. The van der Waals surface area contributed by atoms with Crippen LogP contribution in [0.5, 0.6) is 0 Å². The Balaban J connectivity index is 0.00000152. The van der Waals surface area contributed by atoms with E-state index in [4.69, 9.17) is 25.3 Å². The maximum absolute atomic E-state index is 9.58. The minimum Gasteiger partial charge on any atom is -2.00 e. The van der Waals surface area contributed by atoms with Crippen LogP contribution in [0.1, 0.15) is 74.9 Å². The van der Waals surface area contributed by atoms with Gasteiger partial charge in [-0.25, -0.2) is 0 Å². The molecule has 459 valence electrons. The number of ether oxygens (including phenoxy) is 1. The van der Waals surface area contributed by atoms with Crippen molar-refractivity contribution in [1.82, 2.24) is 29.4 Å². The van der Waals surface area contributed by atoms with Crippen LogP contribution in [0.15, 0.2) is 155 Å². The molecule has 83 heavy (non-hydrogen) atoms. The Labute approximate surface area is 544 Å². The molecular weight excluding hydrogens is 1200 g/mol. The van der Waals surface area contributed by atoms with Crippen LogP contribution in [-0.4, -0.2) is 157 Å². The molecule has 0 amide bonds. The van der Waals surface area contributed by atoms with Crippen LogP contribution in [0.25, 0.3) is 0 Å². The van der Waals surface area contributed by atoms with Crippen LogP contribution in [0.4, 0.5) is 0 Å². The summed E-state index contributed by atoms with van der Waals surface area (Å²) in [6.45, 7) is 25.2. The van der Waals surface area contributed by atoms with E-state index in [1.165, 1.54) is 55.2 Å². The van der Waals surface area contributed by atoms with E-state index < -0.39 is 6.15 Å². The number of likely N-dealkylation sites (N-methyl/N-ethyl adjacent to an activating group) is 6. The molecule has 6 aromatic carbocycles. The van der Waals surface area contributed by atoms with Gasteiger partial charge in [0.2, 0.25) is 0 Å². The fourth-order valence-corrected chi connectivity index (χ4v) is 10.7. The van der Waals surface area contributed by atoms with E-state index in [0.717, 1.165) is 88.3 Å². The Bertz CT molecular complexity index is 2340. The summed E-state index contributed by atoms with van der Waals surface area (Å²) in [5.41, 5.74) is 13.4. The molecule has 17 heteroatoms. The van der Waals surface area contributed by atoms with Gasteiger partial charge in [-0.1, -0.05) is 209 Å². The van der Waals surface area contributed by atoms with Crippen LogP contribution in [0.2, 0.25) is 0 Å². The molecule has 7 rings (SSSR count). The van der Waals surface area contributed by atoms with Crippen LogP contribution in [0, 0.1) is 0 Å². The molecule has 1 aliphatic heterocycles. The first-order valence-corrected chi connectivity index (χ1v) is 28.9. The first kappa shape index (κ1) is 80.0. The van der Waals surface area contributed by atoms with Crippen molar-refractivity contribution in [3.8, 4) is 0 Å². The van der Waals surface area contributed by atoms with Crippen molar-refractivity contribution in [3.63, 3.8) is 0 Å². The molecule has 4 bridgehead atoms. The summed E-state index contributed by atoms with van der Waals surface area (Å²) in [5.74, 6) is 0. The van der Waals surface area contributed by atoms with Gasteiger partial charge in [0.1, 0.15) is 6.15 Å². The van der Waals surface area contributed by atoms with Crippen molar-refractivity contribution in [2.45, 2.75) is 88.3 Å². The summed E-state index contributed by atoms with van der Waals surface area (Å²) in [6, 6.07) is 53.0. The van der Waals surface area contributed by atoms with Gasteiger partial charge in [-0.3, -0.25) is 0 Å². The van der Waals surface area contributed by atoms with E-state index in [0.29, 0.717) is 0 Å². The van der Waals surface area contributed by atoms with Crippen molar-refractivity contribution < 1.29 is 77.4 Å². The topological polar surface area (TPSA) is 132 Å². The molecule has 0 aromatic heterocycles. The normalized spacial score (nSPS) is 15.3. The number of hydrogen-bond donors (Lipinski definition) is 0. The Morgan fingerprint density at radius 1 is 0.398 bits per heavy atom. The molecule has 1 heterocycles. The molecule has 0 atom stereocenters. The molecule has 6 aromatic rings. The van der Waals surface area contributed by atoms with Crippen LogP contribution in [0.3, 0.4) is 0 Å². The molecule has 0 saturated carbocycles. The van der Waals surface area contributed by atoms with E-state index in [9.17, 15) is 10.2 Å². The summed E-state index contributed by atoms with van der Waals surface area (Å²) >= 11 is 12.3. The third-order valence-corrected chi connectivity index (χ3v) is 16.1. The average Bonchev–Trinajstić information content (AvgIpc) is 1.78. The Kier molecular flexibility index (Phi) is 38.2. The summed E-state index contributed by atoms with van der Waals surface area (Å²) in [5, 5.41) is 19.2. The van der Waals surface area contributed by atoms with Crippen LogP contribution in [-0.2, 0) is 129 Å². The summed E-state index contributed by atoms with van der Waals surface area (Å²) < 4.78 is 4.51. The van der Waals surface area contributed by atoms with Gasteiger partial charge >= 0.3 is 33.0 Å². The fraction of sp³-hybridized carbons (Fsp3) is 0.455. The maximum Gasteiger partial charge on any atom is 3.00 e. The van der Waals surface area contributed by atoms with Crippen molar-refractivity contribution in [1.29, 1.82) is 0 Å². The summed E-state index contributed by atoms with van der Waals surface area (Å²) in [4.78, 5) is 16.7. The molecule has 1 aliphatic rings. The van der Waals surface area contributed by atoms with E-state index >= 15 is 0 Å². The van der Waals surface area contributed by atoms with Gasteiger partial charge in [0.15, 0.2) is 0 Å². The third-order valence-electron chi connectivity index (χ3n) is 15.1. The molecule has 0 saturated heterocycles. The van der Waals surface area contributed by atoms with Crippen LogP contribution < -0.4 is 32.1 Å². The second-order valence-corrected chi connectivity index (χ2v) is 24.7. The van der Waals surface area contributed by atoms with Crippen molar-refractivity contribution in [3.05, 3.63) is 179 Å². The Morgan fingerprint density at radius 3 is 0.795 bits per heavy atom. The second kappa shape index (κ2) is 39.7. The third kappa shape index (κ3) is 24.9. The van der Waals surface area contributed by atoms with Gasteiger partial charge in [0.05, 0.1) is 0 Å². The molecule has 0 aliphatic carbocycles. The van der Waals surface area contributed by atoms with E-state index in [1.54, 1.807) is 0 Å². The van der Waals surface area contributed by atoms with E-state index in [1.807, 2.05) is 0 Å². The fourth-order valence-electron chi connectivity index (χ4n) is 10.3. The molecule has 0 N–H and O–H groups in total. The number of rotatable bonds is 8. The maximum atomic E-state index is 9.58.